The van der Waals surface area contributed by atoms with Gasteiger partial charge >= 0.3 is 0 Å². The van der Waals surface area contributed by atoms with Crippen molar-refractivity contribution in [1.29, 1.82) is 0 Å². The van der Waals surface area contributed by atoms with E-state index in [-0.39, 0.29) is 16.9 Å². The van der Waals surface area contributed by atoms with Crippen LogP contribution in [0, 0.1) is 0 Å². The zero-order chi connectivity index (χ0) is 18.9. The zero-order valence-electron chi connectivity index (χ0n) is 15.1. The molecule has 1 aliphatic rings. The number of ether oxygens (including phenoxy) is 1. The van der Waals surface area contributed by atoms with Crippen LogP contribution in [-0.2, 0) is 6.42 Å². The Hall–Kier alpha value is -3.08. The van der Waals surface area contributed by atoms with Gasteiger partial charge in [0.15, 0.2) is 5.78 Å². The summed E-state index contributed by atoms with van der Waals surface area (Å²) in [6.45, 7) is 4.16. The first-order valence-electron chi connectivity index (χ1n) is 8.41. The van der Waals surface area contributed by atoms with Crippen LogP contribution in [-0.4, -0.2) is 24.3 Å². The van der Waals surface area contributed by atoms with Crippen molar-refractivity contribution in [2.45, 2.75) is 25.8 Å². The van der Waals surface area contributed by atoms with E-state index in [1.807, 2.05) is 18.2 Å². The molecule has 5 heteroatoms. The third kappa shape index (κ3) is 3.47. The van der Waals surface area contributed by atoms with Gasteiger partial charge in [0, 0.05) is 28.4 Å². The third-order valence-electron chi connectivity index (χ3n) is 4.45. The highest BCUT2D eigenvalue weighted by molar-refractivity contribution is 6.14. The summed E-state index contributed by atoms with van der Waals surface area (Å²) in [7, 11) is 1.61. The molecule has 134 valence electrons. The molecule has 3 rings (SSSR count). The van der Waals surface area contributed by atoms with E-state index in [9.17, 15) is 9.59 Å². The topological polar surface area (TPSA) is 81.4 Å². The van der Waals surface area contributed by atoms with E-state index in [1.165, 1.54) is 6.08 Å². The van der Waals surface area contributed by atoms with E-state index >= 15 is 0 Å². The second-order valence-corrected chi connectivity index (χ2v) is 7.04. The Labute approximate surface area is 152 Å². The molecule has 0 fully saturated rings. The maximum Gasteiger partial charge on any atom is 0.249 e. The second kappa shape index (κ2) is 6.67. The van der Waals surface area contributed by atoms with Gasteiger partial charge in [-0.1, -0.05) is 24.3 Å². The first-order chi connectivity index (χ1) is 12.3. The van der Waals surface area contributed by atoms with Crippen molar-refractivity contribution in [3.05, 3.63) is 70.8 Å². The summed E-state index contributed by atoms with van der Waals surface area (Å²) in [5.41, 5.74) is 8.48. The number of hydrogen-bond donors (Lipinski definition) is 2. The van der Waals surface area contributed by atoms with Gasteiger partial charge in [0.2, 0.25) is 5.91 Å². The summed E-state index contributed by atoms with van der Waals surface area (Å²) in [6.07, 6.45) is 2.36. The molecule has 2 aromatic carbocycles. The maximum atomic E-state index is 12.9. The lowest BCUT2D eigenvalue weighted by Gasteiger charge is -2.35. The number of hydrogen-bond acceptors (Lipinski definition) is 4. The molecule has 0 spiro atoms. The SMILES string of the molecule is COc1ccc2c(c1)/C(=C/C(=O)c1ccccc1C(N)=O)NC(C)(C)C2. The smallest absolute Gasteiger partial charge is 0.249 e. The minimum atomic E-state index is -0.619. The van der Waals surface area contributed by atoms with Crippen LogP contribution in [0.3, 0.4) is 0 Å². The quantitative estimate of drug-likeness (QED) is 0.656. The number of primary amides is 1. The Morgan fingerprint density at radius 1 is 1.15 bits per heavy atom. The fourth-order valence-electron chi connectivity index (χ4n) is 3.28. The van der Waals surface area contributed by atoms with Gasteiger partial charge in [0.25, 0.3) is 0 Å². The van der Waals surface area contributed by atoms with Gasteiger partial charge in [-0.15, -0.1) is 0 Å². The minimum Gasteiger partial charge on any atom is -0.497 e. The monoisotopic (exact) mass is 350 g/mol. The van der Waals surface area contributed by atoms with Crippen LogP contribution < -0.4 is 15.8 Å². The Bertz CT molecular complexity index is 913. The van der Waals surface area contributed by atoms with Crippen molar-refractivity contribution >= 4 is 17.4 Å². The van der Waals surface area contributed by atoms with E-state index in [0.29, 0.717) is 11.3 Å². The fourth-order valence-corrected chi connectivity index (χ4v) is 3.28. The number of fused-ring (bicyclic) bond motifs is 1. The van der Waals surface area contributed by atoms with Gasteiger partial charge in [0.05, 0.1) is 12.7 Å². The molecule has 26 heavy (non-hydrogen) atoms. The molecule has 0 aromatic heterocycles. The second-order valence-electron chi connectivity index (χ2n) is 7.04. The van der Waals surface area contributed by atoms with Crippen LogP contribution >= 0.6 is 0 Å². The molecule has 1 amide bonds. The molecule has 0 saturated carbocycles. The molecule has 5 nitrogen and oxygen atoms in total. The van der Waals surface area contributed by atoms with Crippen LogP contribution in [0.2, 0.25) is 0 Å². The molecule has 3 N–H and O–H groups in total. The van der Waals surface area contributed by atoms with E-state index in [4.69, 9.17) is 10.5 Å². The van der Waals surface area contributed by atoms with E-state index in [1.54, 1.807) is 31.4 Å². The molecule has 0 atom stereocenters. The number of carbonyl (C=O) groups excluding carboxylic acids is 2. The van der Waals surface area contributed by atoms with Crippen molar-refractivity contribution in [1.82, 2.24) is 5.32 Å². The van der Waals surface area contributed by atoms with Crippen molar-refractivity contribution in [3.8, 4) is 5.75 Å². The molecule has 0 bridgehead atoms. The highest BCUT2D eigenvalue weighted by Crippen LogP contribution is 2.32. The highest BCUT2D eigenvalue weighted by atomic mass is 16.5. The number of allylic oxidation sites excluding steroid dienone is 1. The average Bonchev–Trinajstić information content (AvgIpc) is 2.60. The lowest BCUT2D eigenvalue weighted by molar-refractivity contribution is 0.0983. The van der Waals surface area contributed by atoms with Crippen LogP contribution in [0.25, 0.3) is 5.70 Å². The molecule has 2 aromatic rings. The van der Waals surface area contributed by atoms with Crippen molar-refractivity contribution < 1.29 is 14.3 Å². The number of carbonyl (C=O) groups is 2. The Morgan fingerprint density at radius 2 is 1.85 bits per heavy atom. The largest absolute Gasteiger partial charge is 0.497 e. The summed E-state index contributed by atoms with van der Waals surface area (Å²) in [5, 5.41) is 3.42. The summed E-state index contributed by atoms with van der Waals surface area (Å²) < 4.78 is 5.32. The highest BCUT2D eigenvalue weighted by Gasteiger charge is 2.28. The van der Waals surface area contributed by atoms with Crippen LogP contribution in [0.4, 0.5) is 0 Å². The van der Waals surface area contributed by atoms with E-state index in [2.05, 4.69) is 19.2 Å². The van der Waals surface area contributed by atoms with E-state index < -0.39 is 5.91 Å². The third-order valence-corrected chi connectivity index (χ3v) is 4.45. The van der Waals surface area contributed by atoms with Crippen LogP contribution in [0.5, 0.6) is 5.75 Å². The first kappa shape index (κ1) is 17.7. The molecule has 0 saturated heterocycles. The molecule has 1 aliphatic heterocycles. The number of nitrogens with one attached hydrogen (secondary N) is 1. The zero-order valence-corrected chi connectivity index (χ0v) is 15.1. The first-order valence-corrected chi connectivity index (χ1v) is 8.41. The van der Waals surface area contributed by atoms with Gasteiger partial charge in [-0.3, -0.25) is 9.59 Å². The van der Waals surface area contributed by atoms with Gasteiger partial charge in [-0.25, -0.2) is 0 Å². The van der Waals surface area contributed by atoms with Gasteiger partial charge < -0.3 is 15.8 Å². The molecule has 0 aliphatic carbocycles. The van der Waals surface area contributed by atoms with Crippen molar-refractivity contribution in [2.75, 3.05) is 7.11 Å². The predicted molar refractivity (Wildman–Crippen MR) is 101 cm³/mol. The Balaban J connectivity index is 2.08. The summed E-state index contributed by atoms with van der Waals surface area (Å²) in [6, 6.07) is 12.4. The normalized spacial score (nSPS) is 16.5. The molecule has 1 heterocycles. The van der Waals surface area contributed by atoms with E-state index in [0.717, 1.165) is 23.3 Å². The van der Waals surface area contributed by atoms with Gasteiger partial charge in [-0.2, -0.15) is 0 Å². The predicted octanol–water partition coefficient (Wildman–Crippen LogP) is 2.94. The number of ketones is 1. The lowest BCUT2D eigenvalue weighted by Crippen LogP contribution is -2.43. The fraction of sp³-hybridized carbons (Fsp3) is 0.238. The minimum absolute atomic E-state index is 0.198. The van der Waals surface area contributed by atoms with Crippen molar-refractivity contribution in [3.63, 3.8) is 0 Å². The number of rotatable bonds is 4. The average molecular weight is 350 g/mol. The standard InChI is InChI=1S/C21H22N2O3/c1-21(2)12-13-8-9-14(26-3)10-17(13)18(23-21)11-19(24)15-6-4-5-7-16(15)20(22)25/h4-11,23H,12H2,1-3H3,(H2,22,25)/b18-11-. The molecule has 0 radical (unpaired) electrons. The summed E-state index contributed by atoms with van der Waals surface area (Å²) >= 11 is 0. The Kier molecular flexibility index (Phi) is 4.55. The summed E-state index contributed by atoms with van der Waals surface area (Å²) in [5.74, 6) is -0.166. The Morgan fingerprint density at radius 3 is 2.50 bits per heavy atom. The van der Waals surface area contributed by atoms with Crippen LogP contribution in [0.15, 0.2) is 48.5 Å². The molecular formula is C21H22N2O3. The van der Waals surface area contributed by atoms with Crippen LogP contribution in [0.1, 0.15) is 45.7 Å². The van der Waals surface area contributed by atoms with Crippen molar-refractivity contribution in [2.24, 2.45) is 5.73 Å². The molecule has 0 unspecified atom stereocenters. The number of methoxy groups -OCH3 is 1. The van der Waals surface area contributed by atoms with Gasteiger partial charge in [0.1, 0.15) is 5.75 Å². The molecular weight excluding hydrogens is 328 g/mol. The number of benzene rings is 2. The number of amides is 1. The van der Waals surface area contributed by atoms with Gasteiger partial charge in [-0.05, 0) is 44.0 Å². The lowest BCUT2D eigenvalue weighted by atomic mass is 9.85. The summed E-state index contributed by atoms with van der Waals surface area (Å²) in [4.78, 5) is 24.5. The number of nitrogens with two attached hydrogens (primary N) is 1. The maximum absolute atomic E-state index is 12.9.